The molecule has 0 bridgehead atoms. The van der Waals surface area contributed by atoms with Crippen LogP contribution in [0.15, 0.2) is 51.7 Å². The van der Waals surface area contributed by atoms with E-state index in [0.717, 1.165) is 22.4 Å². The Hall–Kier alpha value is -1.37. The minimum absolute atomic E-state index is 0.950. The molecule has 0 aromatic rings. The van der Waals surface area contributed by atoms with Crippen LogP contribution in [0.5, 0.6) is 0 Å². The second-order valence-electron chi connectivity index (χ2n) is 3.97. The van der Waals surface area contributed by atoms with Crippen LogP contribution in [0.1, 0.15) is 34.6 Å². The Balaban J connectivity index is 5.35. The van der Waals surface area contributed by atoms with E-state index in [4.69, 9.17) is 0 Å². The molecule has 0 spiro atoms. The van der Waals surface area contributed by atoms with Crippen molar-refractivity contribution in [3.8, 4) is 0 Å². The van der Waals surface area contributed by atoms with Gasteiger partial charge < -0.3 is 0 Å². The minimum atomic E-state index is 0.950. The van der Waals surface area contributed by atoms with Gasteiger partial charge in [-0.2, -0.15) is 0 Å². The summed E-state index contributed by atoms with van der Waals surface area (Å²) in [7, 11) is 0. The van der Waals surface area contributed by atoms with Crippen molar-refractivity contribution in [3.63, 3.8) is 0 Å². The number of nitrogens with zero attached hydrogens (tertiary/aromatic N) is 1. The maximum Gasteiger partial charge on any atom is 0.0400 e. The summed E-state index contributed by atoms with van der Waals surface area (Å²) in [5.74, 6) is 0. The van der Waals surface area contributed by atoms with Gasteiger partial charge in [0.05, 0.1) is 0 Å². The standard InChI is InChI=1S/C14H21N/c1-10(2)8-9-14(11(3)4)12(5)13(6)15-7/h8-9H,3,7H2,1-2,4-6H3/b13-12-,14-9+. The normalized spacial score (nSPS) is 13.0. The molecule has 0 unspecified atom stereocenters. The maximum atomic E-state index is 3.98. The lowest BCUT2D eigenvalue weighted by molar-refractivity contribution is 1.20. The Kier molecular flexibility index (Phi) is 5.61. The lowest BCUT2D eigenvalue weighted by Gasteiger charge is -2.08. The van der Waals surface area contributed by atoms with E-state index in [1.165, 1.54) is 5.57 Å². The molecule has 0 saturated carbocycles. The topological polar surface area (TPSA) is 12.4 Å². The highest BCUT2D eigenvalue weighted by Gasteiger charge is 2.02. The van der Waals surface area contributed by atoms with E-state index < -0.39 is 0 Å². The zero-order valence-corrected chi connectivity index (χ0v) is 10.5. The molecular formula is C14H21N. The Morgan fingerprint density at radius 3 is 1.87 bits per heavy atom. The molecule has 82 valence electrons. The molecule has 0 amide bonds. The largest absolute Gasteiger partial charge is 0.269 e. The lowest BCUT2D eigenvalue weighted by atomic mass is 9.99. The average molecular weight is 203 g/mol. The summed E-state index contributed by atoms with van der Waals surface area (Å²) in [4.78, 5) is 3.95. The first kappa shape index (κ1) is 13.6. The number of allylic oxidation sites excluding steroid dienone is 7. The van der Waals surface area contributed by atoms with Crippen molar-refractivity contribution in [2.24, 2.45) is 4.99 Å². The first-order valence-electron chi connectivity index (χ1n) is 5.05. The van der Waals surface area contributed by atoms with Gasteiger partial charge >= 0.3 is 0 Å². The molecule has 15 heavy (non-hydrogen) atoms. The van der Waals surface area contributed by atoms with Crippen molar-refractivity contribution in [2.75, 3.05) is 0 Å². The number of aliphatic imine (C=N–C) groups is 1. The van der Waals surface area contributed by atoms with E-state index in [1.54, 1.807) is 0 Å². The summed E-state index contributed by atoms with van der Waals surface area (Å²) in [5.41, 5.74) is 5.54. The molecule has 1 heteroatoms. The predicted molar refractivity (Wildman–Crippen MR) is 70.3 cm³/mol. The van der Waals surface area contributed by atoms with Gasteiger partial charge in [-0.25, -0.2) is 0 Å². The van der Waals surface area contributed by atoms with Crippen LogP contribution < -0.4 is 0 Å². The van der Waals surface area contributed by atoms with Gasteiger partial charge in [-0.3, -0.25) is 4.99 Å². The molecule has 0 saturated heterocycles. The van der Waals surface area contributed by atoms with Gasteiger partial charge in [0, 0.05) is 5.70 Å². The highest BCUT2D eigenvalue weighted by Crippen LogP contribution is 2.21. The van der Waals surface area contributed by atoms with Crippen LogP contribution in [0.25, 0.3) is 0 Å². The summed E-state index contributed by atoms with van der Waals surface area (Å²) in [6, 6.07) is 0. The van der Waals surface area contributed by atoms with Crippen LogP contribution in [0.3, 0.4) is 0 Å². The second kappa shape index (κ2) is 6.18. The Morgan fingerprint density at radius 2 is 1.53 bits per heavy atom. The van der Waals surface area contributed by atoms with Gasteiger partial charge in [-0.05, 0) is 52.5 Å². The van der Waals surface area contributed by atoms with Crippen molar-refractivity contribution < 1.29 is 0 Å². The number of hydrogen-bond acceptors (Lipinski definition) is 1. The molecule has 0 heterocycles. The van der Waals surface area contributed by atoms with Gasteiger partial charge in [0.1, 0.15) is 0 Å². The van der Waals surface area contributed by atoms with E-state index in [-0.39, 0.29) is 0 Å². The molecule has 0 aliphatic heterocycles. The first-order valence-corrected chi connectivity index (χ1v) is 5.05. The second-order valence-corrected chi connectivity index (χ2v) is 3.97. The van der Waals surface area contributed by atoms with Crippen LogP contribution in [0.4, 0.5) is 0 Å². The van der Waals surface area contributed by atoms with Crippen LogP contribution in [-0.2, 0) is 0 Å². The zero-order chi connectivity index (χ0) is 12.0. The number of rotatable bonds is 4. The van der Waals surface area contributed by atoms with E-state index in [2.05, 4.69) is 44.3 Å². The van der Waals surface area contributed by atoms with Crippen LogP contribution in [0, 0.1) is 0 Å². The van der Waals surface area contributed by atoms with Gasteiger partial charge in [-0.15, -0.1) is 0 Å². The van der Waals surface area contributed by atoms with Crippen LogP contribution in [-0.4, -0.2) is 6.72 Å². The predicted octanol–water partition coefficient (Wildman–Crippen LogP) is 4.45. The molecule has 0 rings (SSSR count). The Bertz CT molecular complexity index is 348. The fourth-order valence-electron chi connectivity index (χ4n) is 1.15. The minimum Gasteiger partial charge on any atom is -0.269 e. The van der Waals surface area contributed by atoms with Gasteiger partial charge in [0.2, 0.25) is 0 Å². The van der Waals surface area contributed by atoms with Crippen molar-refractivity contribution >= 4 is 6.72 Å². The summed E-state index contributed by atoms with van der Waals surface area (Å²) >= 11 is 0. The summed E-state index contributed by atoms with van der Waals surface area (Å²) < 4.78 is 0. The molecule has 0 atom stereocenters. The van der Waals surface area contributed by atoms with Crippen LogP contribution in [0.2, 0.25) is 0 Å². The maximum absolute atomic E-state index is 3.98. The van der Waals surface area contributed by atoms with Crippen molar-refractivity contribution in [3.05, 3.63) is 46.7 Å². The molecule has 0 radical (unpaired) electrons. The van der Waals surface area contributed by atoms with Gasteiger partial charge in [0.15, 0.2) is 0 Å². The third-order valence-electron chi connectivity index (χ3n) is 2.23. The number of hydrogen-bond donors (Lipinski definition) is 0. The molecule has 0 aliphatic carbocycles. The third kappa shape index (κ3) is 4.59. The van der Waals surface area contributed by atoms with E-state index in [9.17, 15) is 0 Å². The van der Waals surface area contributed by atoms with E-state index in [1.807, 2.05) is 20.8 Å². The zero-order valence-electron chi connectivity index (χ0n) is 10.5. The van der Waals surface area contributed by atoms with Crippen molar-refractivity contribution in [1.82, 2.24) is 0 Å². The monoisotopic (exact) mass is 203 g/mol. The highest BCUT2D eigenvalue weighted by atomic mass is 14.7. The van der Waals surface area contributed by atoms with Gasteiger partial charge in [-0.1, -0.05) is 29.9 Å². The molecule has 0 aliphatic rings. The van der Waals surface area contributed by atoms with Crippen LogP contribution >= 0.6 is 0 Å². The van der Waals surface area contributed by atoms with E-state index in [0.29, 0.717) is 0 Å². The average Bonchev–Trinajstić information content (AvgIpc) is 2.15. The first-order chi connectivity index (χ1) is 6.90. The Morgan fingerprint density at radius 1 is 1.00 bits per heavy atom. The molecule has 0 fully saturated rings. The van der Waals surface area contributed by atoms with Gasteiger partial charge in [0.25, 0.3) is 0 Å². The Labute approximate surface area is 93.6 Å². The lowest BCUT2D eigenvalue weighted by Crippen LogP contribution is -1.90. The SMILES string of the molecule is C=N/C(C)=C(C)\C(=C\C=C(C)C)C(=C)C. The summed E-state index contributed by atoms with van der Waals surface area (Å²) in [5, 5.41) is 0. The third-order valence-corrected chi connectivity index (χ3v) is 2.23. The molecule has 0 N–H and O–H groups in total. The van der Waals surface area contributed by atoms with Crippen molar-refractivity contribution in [1.29, 1.82) is 0 Å². The molecule has 0 aromatic heterocycles. The molecule has 1 nitrogen and oxygen atoms in total. The fourth-order valence-corrected chi connectivity index (χ4v) is 1.15. The fraction of sp³-hybridized carbons (Fsp3) is 0.357. The quantitative estimate of drug-likeness (QED) is 0.473. The highest BCUT2D eigenvalue weighted by molar-refractivity contribution is 5.48. The van der Waals surface area contributed by atoms with E-state index >= 15 is 0 Å². The molecule has 0 aromatic carbocycles. The summed E-state index contributed by atoms with van der Waals surface area (Å²) in [6.45, 7) is 17.7. The summed E-state index contributed by atoms with van der Waals surface area (Å²) in [6.07, 6.45) is 4.17. The van der Waals surface area contributed by atoms with Crippen molar-refractivity contribution in [2.45, 2.75) is 34.6 Å². The molecular weight excluding hydrogens is 182 g/mol. The smallest absolute Gasteiger partial charge is 0.0400 e.